The number of carbonyl (C=O) groups is 2. The van der Waals surface area contributed by atoms with Crippen LogP contribution in [0.25, 0.3) is 0 Å². The zero-order valence-electron chi connectivity index (χ0n) is 17.2. The third-order valence-corrected chi connectivity index (χ3v) is 3.47. The maximum atomic E-state index is 12.1. The molecule has 0 bridgehead atoms. The Morgan fingerprint density at radius 2 is 1.70 bits per heavy atom. The van der Waals surface area contributed by atoms with Gasteiger partial charge in [-0.15, -0.1) is 0 Å². The Kier molecular flexibility index (Phi) is 8.91. The Hall–Kier alpha value is -2.44. The summed E-state index contributed by atoms with van der Waals surface area (Å²) in [5, 5.41) is 5.48. The lowest BCUT2D eigenvalue weighted by atomic mass is 10.1. The maximum absolute atomic E-state index is 12.1. The zero-order valence-corrected chi connectivity index (χ0v) is 17.2. The average Bonchev–Trinajstić information content (AvgIpc) is 2.55. The Morgan fingerprint density at radius 1 is 1.07 bits per heavy atom. The zero-order chi connectivity index (χ0) is 20.4. The molecular formula is C20H32N2O5. The van der Waals surface area contributed by atoms with Crippen molar-refractivity contribution >= 4 is 12.0 Å². The minimum absolute atomic E-state index is 0.162. The van der Waals surface area contributed by atoms with Crippen LogP contribution in [0, 0.1) is 0 Å². The number of ether oxygens (including phenoxy) is 3. The third-order valence-electron chi connectivity index (χ3n) is 3.47. The van der Waals surface area contributed by atoms with Crippen molar-refractivity contribution in [2.75, 3.05) is 19.8 Å². The number of hydrogen-bond acceptors (Lipinski definition) is 5. The van der Waals surface area contributed by atoms with Gasteiger partial charge in [0, 0.05) is 13.0 Å². The van der Waals surface area contributed by atoms with Crippen LogP contribution < -0.4 is 20.1 Å². The molecule has 1 atom stereocenters. The molecule has 0 spiro atoms. The van der Waals surface area contributed by atoms with E-state index in [1.165, 1.54) is 0 Å². The van der Waals surface area contributed by atoms with E-state index in [9.17, 15) is 9.59 Å². The second-order valence-corrected chi connectivity index (χ2v) is 7.04. The van der Waals surface area contributed by atoms with E-state index in [0.29, 0.717) is 24.7 Å². The third kappa shape index (κ3) is 8.66. The summed E-state index contributed by atoms with van der Waals surface area (Å²) >= 11 is 0. The van der Waals surface area contributed by atoms with Crippen LogP contribution in [0.1, 0.15) is 59.6 Å². The van der Waals surface area contributed by atoms with Gasteiger partial charge in [-0.1, -0.05) is 6.07 Å². The SMILES string of the molecule is CCOc1ccc([C@H](C)NC(=O)CCNC(=O)OC(C)(C)C)cc1OCC. The van der Waals surface area contributed by atoms with Crippen LogP contribution >= 0.6 is 0 Å². The Balaban J connectivity index is 2.55. The van der Waals surface area contributed by atoms with Gasteiger partial charge >= 0.3 is 6.09 Å². The molecule has 0 heterocycles. The van der Waals surface area contributed by atoms with Crippen LogP contribution in [0.3, 0.4) is 0 Å². The standard InChI is InChI=1S/C20H32N2O5/c1-7-25-16-10-9-15(13-17(16)26-8-2)14(3)22-18(23)11-12-21-19(24)27-20(4,5)6/h9-10,13-14H,7-8,11-12H2,1-6H3,(H,21,24)(H,22,23)/t14-/m0/s1. The molecule has 0 aliphatic rings. The number of rotatable bonds is 9. The van der Waals surface area contributed by atoms with Crippen LogP contribution in [0.5, 0.6) is 11.5 Å². The lowest BCUT2D eigenvalue weighted by Gasteiger charge is -2.20. The van der Waals surface area contributed by atoms with Gasteiger partial charge in [-0.2, -0.15) is 0 Å². The highest BCUT2D eigenvalue weighted by Gasteiger charge is 2.17. The molecule has 7 nitrogen and oxygen atoms in total. The number of amides is 2. The van der Waals surface area contributed by atoms with E-state index in [-0.39, 0.29) is 24.9 Å². The molecular weight excluding hydrogens is 348 g/mol. The quantitative estimate of drug-likeness (QED) is 0.684. The van der Waals surface area contributed by atoms with Crippen LogP contribution in [-0.4, -0.2) is 37.4 Å². The van der Waals surface area contributed by atoms with Crippen molar-refractivity contribution in [1.29, 1.82) is 0 Å². The molecule has 7 heteroatoms. The van der Waals surface area contributed by atoms with Gasteiger partial charge < -0.3 is 24.8 Å². The van der Waals surface area contributed by atoms with Crippen molar-refractivity contribution < 1.29 is 23.8 Å². The fraction of sp³-hybridized carbons (Fsp3) is 0.600. The van der Waals surface area contributed by atoms with Crippen molar-refractivity contribution in [3.63, 3.8) is 0 Å². The van der Waals surface area contributed by atoms with Crippen molar-refractivity contribution in [2.45, 2.75) is 59.6 Å². The second-order valence-electron chi connectivity index (χ2n) is 7.04. The Labute approximate surface area is 161 Å². The van der Waals surface area contributed by atoms with Crippen LogP contribution in [0.4, 0.5) is 4.79 Å². The summed E-state index contributed by atoms with van der Waals surface area (Å²) < 4.78 is 16.3. The molecule has 152 valence electrons. The van der Waals surface area contributed by atoms with Crippen LogP contribution in [0.15, 0.2) is 18.2 Å². The maximum Gasteiger partial charge on any atom is 0.407 e. The molecule has 0 aromatic heterocycles. The van der Waals surface area contributed by atoms with Crippen molar-refractivity contribution in [2.24, 2.45) is 0 Å². The molecule has 1 rings (SSSR count). The first-order valence-corrected chi connectivity index (χ1v) is 9.32. The molecule has 0 radical (unpaired) electrons. The topological polar surface area (TPSA) is 85.9 Å². The number of nitrogens with one attached hydrogen (secondary N) is 2. The molecule has 1 aromatic carbocycles. The molecule has 27 heavy (non-hydrogen) atoms. The van der Waals surface area contributed by atoms with Crippen LogP contribution in [-0.2, 0) is 9.53 Å². The first kappa shape index (κ1) is 22.6. The molecule has 0 aliphatic carbocycles. The fourth-order valence-corrected chi connectivity index (χ4v) is 2.33. The van der Waals surface area contributed by atoms with Gasteiger partial charge in [0.15, 0.2) is 11.5 Å². The minimum atomic E-state index is -0.563. The summed E-state index contributed by atoms with van der Waals surface area (Å²) in [6.07, 6.45) is -0.366. The molecule has 0 saturated heterocycles. The highest BCUT2D eigenvalue weighted by molar-refractivity contribution is 5.77. The summed E-state index contributed by atoms with van der Waals surface area (Å²) in [7, 11) is 0. The predicted octanol–water partition coefficient (Wildman–Crippen LogP) is 3.58. The van der Waals surface area contributed by atoms with Crippen LogP contribution in [0.2, 0.25) is 0 Å². The van der Waals surface area contributed by atoms with Gasteiger partial charge in [0.1, 0.15) is 5.60 Å². The number of carbonyl (C=O) groups excluding carboxylic acids is 2. The van der Waals surface area contributed by atoms with Gasteiger partial charge in [0.25, 0.3) is 0 Å². The normalized spacial score (nSPS) is 12.1. The van der Waals surface area contributed by atoms with Crippen molar-refractivity contribution in [3.05, 3.63) is 23.8 Å². The van der Waals surface area contributed by atoms with E-state index >= 15 is 0 Å². The van der Waals surface area contributed by atoms with E-state index < -0.39 is 11.7 Å². The van der Waals surface area contributed by atoms with E-state index in [0.717, 1.165) is 5.56 Å². The van der Waals surface area contributed by atoms with E-state index in [1.807, 2.05) is 39.0 Å². The smallest absolute Gasteiger partial charge is 0.407 e. The van der Waals surface area contributed by atoms with Crippen molar-refractivity contribution in [3.8, 4) is 11.5 Å². The number of alkyl carbamates (subject to hydrolysis) is 1. The number of benzene rings is 1. The molecule has 0 fully saturated rings. The minimum Gasteiger partial charge on any atom is -0.490 e. The largest absolute Gasteiger partial charge is 0.490 e. The summed E-state index contributed by atoms with van der Waals surface area (Å²) in [4.78, 5) is 23.7. The monoisotopic (exact) mass is 380 g/mol. The lowest BCUT2D eigenvalue weighted by molar-refractivity contribution is -0.121. The van der Waals surface area contributed by atoms with Gasteiger partial charge in [0.2, 0.25) is 5.91 Å². The predicted molar refractivity (Wildman–Crippen MR) is 104 cm³/mol. The molecule has 0 aliphatic heterocycles. The molecule has 1 aromatic rings. The molecule has 2 N–H and O–H groups in total. The van der Waals surface area contributed by atoms with Gasteiger partial charge in [-0.05, 0) is 59.2 Å². The van der Waals surface area contributed by atoms with E-state index in [2.05, 4.69) is 10.6 Å². The van der Waals surface area contributed by atoms with Gasteiger partial charge in [-0.25, -0.2) is 4.79 Å². The highest BCUT2D eigenvalue weighted by Crippen LogP contribution is 2.30. The average molecular weight is 380 g/mol. The summed E-state index contributed by atoms with van der Waals surface area (Å²) in [6.45, 7) is 12.4. The second kappa shape index (κ2) is 10.6. The summed E-state index contributed by atoms with van der Waals surface area (Å²) in [5.41, 5.74) is 0.350. The molecule has 0 saturated carbocycles. The Bertz CT molecular complexity index is 625. The number of hydrogen-bond donors (Lipinski definition) is 2. The van der Waals surface area contributed by atoms with E-state index in [4.69, 9.17) is 14.2 Å². The Morgan fingerprint density at radius 3 is 2.30 bits per heavy atom. The fourth-order valence-electron chi connectivity index (χ4n) is 2.33. The first-order chi connectivity index (χ1) is 12.7. The molecule has 0 unspecified atom stereocenters. The summed E-state index contributed by atoms with van der Waals surface area (Å²) in [6, 6.07) is 5.42. The highest BCUT2D eigenvalue weighted by atomic mass is 16.6. The van der Waals surface area contributed by atoms with E-state index in [1.54, 1.807) is 20.8 Å². The van der Waals surface area contributed by atoms with Gasteiger partial charge in [0.05, 0.1) is 19.3 Å². The summed E-state index contributed by atoms with van der Waals surface area (Å²) in [5.74, 6) is 1.18. The van der Waals surface area contributed by atoms with Crippen molar-refractivity contribution in [1.82, 2.24) is 10.6 Å². The lowest BCUT2D eigenvalue weighted by Crippen LogP contribution is -2.35. The molecule has 2 amide bonds. The first-order valence-electron chi connectivity index (χ1n) is 9.32. The van der Waals surface area contributed by atoms with Gasteiger partial charge in [-0.3, -0.25) is 4.79 Å².